The van der Waals surface area contributed by atoms with Gasteiger partial charge in [-0.3, -0.25) is 0 Å². The number of aromatic nitrogens is 2. The Labute approximate surface area is 92.6 Å². The Balaban J connectivity index is 2.61. The van der Waals surface area contributed by atoms with Crippen molar-refractivity contribution >= 4 is 0 Å². The molecule has 0 aliphatic rings. The van der Waals surface area contributed by atoms with Gasteiger partial charge in [-0.05, 0) is 0 Å². The third-order valence-electron chi connectivity index (χ3n) is 2.40. The molecule has 2 nitrogen and oxygen atoms in total. The Hall–Kier alpha value is -1.71. The Morgan fingerprint density at radius 2 is 1.81 bits per heavy atom. The Bertz CT molecular complexity index is 483. The second kappa shape index (κ2) is 3.70. The lowest BCUT2D eigenvalue weighted by Crippen LogP contribution is -2.10. The first-order chi connectivity index (χ1) is 7.50. The number of nitrogens with zero attached hydrogens (tertiary/aromatic N) is 2. The van der Waals surface area contributed by atoms with Gasteiger partial charge >= 0.3 is 0 Å². The molecule has 0 atom stereocenters. The van der Waals surface area contributed by atoms with Crippen LogP contribution in [-0.2, 0) is 13.0 Å². The van der Waals surface area contributed by atoms with Crippen molar-refractivity contribution in [3.8, 4) is 11.3 Å². The highest BCUT2D eigenvalue weighted by molar-refractivity contribution is 5.63. The number of hydrogen-bond donors (Lipinski definition) is 0. The predicted molar refractivity (Wildman–Crippen MR) is 58.2 cm³/mol. The summed E-state index contributed by atoms with van der Waals surface area (Å²) in [6.07, 6.45) is 1.41. The van der Waals surface area contributed by atoms with Crippen LogP contribution in [-0.4, -0.2) is 9.55 Å². The van der Waals surface area contributed by atoms with Crippen LogP contribution in [0.2, 0.25) is 0 Å². The predicted octanol–water partition coefficient (Wildman–Crippen LogP) is 3.20. The number of rotatable bonds is 2. The van der Waals surface area contributed by atoms with Crippen molar-refractivity contribution in [2.75, 3.05) is 0 Å². The smallest absolute Gasteiger partial charge is 0.289 e. The van der Waals surface area contributed by atoms with Crippen LogP contribution in [0, 0.1) is 0 Å². The minimum Gasteiger partial charge on any atom is -0.333 e. The molecule has 84 valence electrons. The summed E-state index contributed by atoms with van der Waals surface area (Å²) < 4.78 is 28.3. The van der Waals surface area contributed by atoms with E-state index < -0.39 is 5.92 Å². The molecule has 0 unspecified atom stereocenters. The zero-order valence-corrected chi connectivity index (χ0v) is 9.11. The van der Waals surface area contributed by atoms with E-state index in [1.54, 1.807) is 23.7 Å². The summed E-state index contributed by atoms with van der Waals surface area (Å²) in [6.45, 7) is 0.863. The highest BCUT2D eigenvalue weighted by Gasteiger charge is 2.31. The van der Waals surface area contributed by atoms with Gasteiger partial charge in [0.15, 0.2) is 0 Å². The van der Waals surface area contributed by atoms with Crippen LogP contribution in [0.3, 0.4) is 0 Å². The Morgan fingerprint density at radius 3 is 2.38 bits per heavy atom. The number of benzene rings is 1. The standard InChI is InChI=1S/C12H12F2N2/c1-12(13,14)11-10(16(2)8-15-11)9-6-4-3-5-7-9/h3-8H,1-2H3. The van der Waals surface area contributed by atoms with Crippen LogP contribution in [0.4, 0.5) is 8.78 Å². The molecule has 16 heavy (non-hydrogen) atoms. The average molecular weight is 222 g/mol. The lowest BCUT2D eigenvalue weighted by atomic mass is 10.1. The highest BCUT2D eigenvalue weighted by Crippen LogP contribution is 2.33. The van der Waals surface area contributed by atoms with E-state index >= 15 is 0 Å². The molecule has 0 amide bonds. The van der Waals surface area contributed by atoms with E-state index in [0.717, 1.165) is 12.5 Å². The van der Waals surface area contributed by atoms with Gasteiger partial charge in [0.2, 0.25) is 0 Å². The minimum atomic E-state index is -2.92. The molecule has 2 rings (SSSR count). The summed E-state index contributed by atoms with van der Waals surface area (Å²) in [5.41, 5.74) is 1.04. The summed E-state index contributed by atoms with van der Waals surface area (Å²) in [5, 5.41) is 0. The molecule has 0 N–H and O–H groups in total. The van der Waals surface area contributed by atoms with E-state index in [1.807, 2.05) is 18.2 Å². The maximum Gasteiger partial charge on any atom is 0.289 e. The maximum absolute atomic E-state index is 13.3. The number of halogens is 2. The largest absolute Gasteiger partial charge is 0.333 e. The molecule has 0 spiro atoms. The van der Waals surface area contributed by atoms with Gasteiger partial charge in [0.05, 0.1) is 12.0 Å². The molecule has 0 bridgehead atoms. The molecule has 0 aliphatic heterocycles. The summed E-state index contributed by atoms with van der Waals surface area (Å²) in [4.78, 5) is 3.78. The molecule has 0 radical (unpaired) electrons. The fraction of sp³-hybridized carbons (Fsp3) is 0.250. The lowest BCUT2D eigenvalue weighted by Gasteiger charge is -2.11. The van der Waals surface area contributed by atoms with Crippen LogP contribution in [0.25, 0.3) is 11.3 Å². The van der Waals surface area contributed by atoms with Crippen LogP contribution in [0.5, 0.6) is 0 Å². The molecule has 2 aromatic rings. The van der Waals surface area contributed by atoms with Gasteiger partial charge in [-0.1, -0.05) is 30.3 Å². The van der Waals surface area contributed by atoms with Gasteiger partial charge in [0.25, 0.3) is 5.92 Å². The van der Waals surface area contributed by atoms with E-state index in [0.29, 0.717) is 5.69 Å². The summed E-state index contributed by atoms with van der Waals surface area (Å²) >= 11 is 0. The van der Waals surface area contributed by atoms with E-state index in [1.165, 1.54) is 6.33 Å². The second-order valence-corrected chi connectivity index (χ2v) is 3.81. The van der Waals surface area contributed by atoms with Crippen LogP contribution < -0.4 is 0 Å². The number of alkyl halides is 2. The maximum atomic E-state index is 13.3. The fourth-order valence-electron chi connectivity index (χ4n) is 1.69. The number of hydrogen-bond acceptors (Lipinski definition) is 1. The number of imidazole rings is 1. The van der Waals surface area contributed by atoms with Crippen LogP contribution in [0.15, 0.2) is 36.7 Å². The van der Waals surface area contributed by atoms with Crippen molar-refractivity contribution in [1.82, 2.24) is 9.55 Å². The second-order valence-electron chi connectivity index (χ2n) is 3.81. The van der Waals surface area contributed by atoms with E-state index in [-0.39, 0.29) is 5.69 Å². The zero-order chi connectivity index (χ0) is 11.8. The number of aryl methyl sites for hydroxylation is 1. The normalized spacial score (nSPS) is 11.8. The van der Waals surface area contributed by atoms with Gasteiger partial charge in [-0.15, -0.1) is 0 Å². The Morgan fingerprint density at radius 1 is 1.19 bits per heavy atom. The zero-order valence-electron chi connectivity index (χ0n) is 9.11. The van der Waals surface area contributed by atoms with Crippen molar-refractivity contribution in [3.05, 3.63) is 42.4 Å². The van der Waals surface area contributed by atoms with Crippen molar-refractivity contribution in [3.63, 3.8) is 0 Å². The fourth-order valence-corrected chi connectivity index (χ4v) is 1.69. The summed E-state index contributed by atoms with van der Waals surface area (Å²) in [7, 11) is 1.71. The molecular weight excluding hydrogens is 210 g/mol. The molecule has 4 heteroatoms. The molecular formula is C12H12F2N2. The minimum absolute atomic E-state index is 0.179. The molecule has 1 heterocycles. The SMILES string of the molecule is Cn1cnc(C(C)(F)F)c1-c1ccccc1. The van der Waals surface area contributed by atoms with Gasteiger partial charge in [0, 0.05) is 19.5 Å². The highest BCUT2D eigenvalue weighted by atomic mass is 19.3. The van der Waals surface area contributed by atoms with Crippen LogP contribution in [0.1, 0.15) is 12.6 Å². The van der Waals surface area contributed by atoms with Crippen molar-refractivity contribution in [2.45, 2.75) is 12.8 Å². The summed E-state index contributed by atoms with van der Waals surface area (Å²) in [5.74, 6) is -2.92. The monoisotopic (exact) mass is 222 g/mol. The molecule has 0 saturated heterocycles. The first kappa shape index (κ1) is 10.8. The molecule has 0 saturated carbocycles. The van der Waals surface area contributed by atoms with E-state index in [9.17, 15) is 8.78 Å². The third-order valence-corrected chi connectivity index (χ3v) is 2.40. The van der Waals surface area contributed by atoms with Gasteiger partial charge in [0.1, 0.15) is 5.69 Å². The van der Waals surface area contributed by atoms with Gasteiger partial charge < -0.3 is 4.57 Å². The van der Waals surface area contributed by atoms with Gasteiger partial charge in [-0.25, -0.2) is 4.98 Å². The lowest BCUT2D eigenvalue weighted by molar-refractivity contribution is 0.0138. The topological polar surface area (TPSA) is 17.8 Å². The average Bonchev–Trinajstić information content (AvgIpc) is 2.61. The van der Waals surface area contributed by atoms with Crippen molar-refractivity contribution in [1.29, 1.82) is 0 Å². The summed E-state index contributed by atoms with van der Waals surface area (Å²) in [6, 6.07) is 9.09. The van der Waals surface area contributed by atoms with Gasteiger partial charge in [-0.2, -0.15) is 8.78 Å². The molecule has 0 fully saturated rings. The van der Waals surface area contributed by atoms with E-state index in [2.05, 4.69) is 4.98 Å². The molecule has 1 aromatic carbocycles. The van der Waals surface area contributed by atoms with Crippen molar-refractivity contribution in [2.24, 2.45) is 7.05 Å². The third kappa shape index (κ3) is 1.83. The Kier molecular flexibility index (Phi) is 2.50. The van der Waals surface area contributed by atoms with Crippen molar-refractivity contribution < 1.29 is 8.78 Å². The quantitative estimate of drug-likeness (QED) is 0.763. The molecule has 1 aromatic heterocycles. The first-order valence-electron chi connectivity index (χ1n) is 4.95. The van der Waals surface area contributed by atoms with E-state index in [4.69, 9.17) is 0 Å². The van der Waals surface area contributed by atoms with Crippen LogP contribution >= 0.6 is 0 Å². The first-order valence-corrected chi connectivity index (χ1v) is 4.95. The molecule has 0 aliphatic carbocycles.